The molecule has 4 aromatic rings. The van der Waals surface area contributed by atoms with Gasteiger partial charge in [-0.3, -0.25) is 0 Å². The number of benzene rings is 1. The van der Waals surface area contributed by atoms with Crippen molar-refractivity contribution in [3.63, 3.8) is 0 Å². The summed E-state index contributed by atoms with van der Waals surface area (Å²) in [5.74, 6) is -0.533. The van der Waals surface area contributed by atoms with Gasteiger partial charge in [0.1, 0.15) is 11.3 Å². The molecule has 4 heterocycles. The smallest absolute Gasteiger partial charge is 0.150 e. The van der Waals surface area contributed by atoms with Crippen LogP contribution < -0.4 is 15.5 Å². The first kappa shape index (κ1) is 22.6. The Bertz CT molecular complexity index is 1290. The molecule has 0 saturated carbocycles. The van der Waals surface area contributed by atoms with E-state index in [1.807, 2.05) is 18.2 Å². The maximum absolute atomic E-state index is 13.9. The van der Waals surface area contributed by atoms with Crippen LogP contribution in [0.2, 0.25) is 10.0 Å². The van der Waals surface area contributed by atoms with E-state index >= 15 is 0 Å². The van der Waals surface area contributed by atoms with Crippen LogP contribution >= 0.6 is 34.7 Å². The van der Waals surface area contributed by atoms with Gasteiger partial charge in [0.15, 0.2) is 6.10 Å². The lowest BCUT2D eigenvalue weighted by molar-refractivity contribution is 0.0562. The number of pyridine rings is 1. The SMILES string of the molecule is CC(On1ccc2nc(-c3cc(CNC4CCNC4)ns3)ccc21)c1c(Cl)ccc(F)c1Cl. The molecule has 1 aliphatic heterocycles. The zero-order chi connectivity index (χ0) is 22.9. The normalized spacial score (nSPS) is 17.0. The Labute approximate surface area is 204 Å². The van der Waals surface area contributed by atoms with Gasteiger partial charge in [-0.2, -0.15) is 9.10 Å². The molecule has 2 atom stereocenters. The van der Waals surface area contributed by atoms with Gasteiger partial charge in [0.2, 0.25) is 0 Å². The van der Waals surface area contributed by atoms with Crippen molar-refractivity contribution in [3.05, 3.63) is 69.7 Å². The minimum atomic E-state index is -0.567. The Morgan fingerprint density at radius 2 is 2.18 bits per heavy atom. The third kappa shape index (κ3) is 4.72. The summed E-state index contributed by atoms with van der Waals surface area (Å²) in [6, 6.07) is 11.1. The predicted octanol–water partition coefficient (Wildman–Crippen LogP) is 5.25. The maximum Gasteiger partial charge on any atom is 0.150 e. The van der Waals surface area contributed by atoms with Crippen LogP contribution in [0.5, 0.6) is 0 Å². The van der Waals surface area contributed by atoms with Crippen molar-refractivity contribution in [2.24, 2.45) is 0 Å². The van der Waals surface area contributed by atoms with E-state index in [-0.39, 0.29) is 5.02 Å². The van der Waals surface area contributed by atoms with Gasteiger partial charge in [-0.1, -0.05) is 23.2 Å². The largest absolute Gasteiger partial charge is 0.406 e. The standard InChI is InChI=1S/C23H22Cl2FN5OS/c1-13(22-16(24)2-3-17(26)23(22)25)32-31-9-7-18-20(31)5-4-19(29-18)21-10-15(30-33-21)12-28-14-6-8-27-11-14/h2-5,7,9-10,13-14,27-28H,6,8,11-12H2,1H3. The molecule has 1 aromatic carbocycles. The van der Waals surface area contributed by atoms with E-state index in [0.29, 0.717) is 16.6 Å². The Morgan fingerprint density at radius 1 is 1.30 bits per heavy atom. The summed E-state index contributed by atoms with van der Waals surface area (Å²) in [4.78, 5) is 11.8. The highest BCUT2D eigenvalue weighted by atomic mass is 35.5. The molecule has 33 heavy (non-hydrogen) atoms. The zero-order valence-corrected chi connectivity index (χ0v) is 20.1. The summed E-state index contributed by atoms with van der Waals surface area (Å²) >= 11 is 13.8. The minimum Gasteiger partial charge on any atom is -0.406 e. The van der Waals surface area contributed by atoms with Gasteiger partial charge in [-0.15, -0.1) is 0 Å². The summed E-state index contributed by atoms with van der Waals surface area (Å²) in [5.41, 5.74) is 3.85. The van der Waals surface area contributed by atoms with E-state index in [2.05, 4.69) is 21.1 Å². The fourth-order valence-electron chi connectivity index (χ4n) is 3.96. The van der Waals surface area contributed by atoms with Crippen LogP contribution in [-0.4, -0.2) is 33.2 Å². The second-order valence-corrected chi connectivity index (χ2v) is 9.59. The number of hydrogen-bond acceptors (Lipinski definition) is 6. The molecule has 5 rings (SSSR count). The molecule has 1 saturated heterocycles. The fraction of sp³-hybridized carbons (Fsp3) is 0.304. The van der Waals surface area contributed by atoms with Crippen LogP contribution in [0.4, 0.5) is 4.39 Å². The molecular weight excluding hydrogens is 484 g/mol. The highest BCUT2D eigenvalue weighted by molar-refractivity contribution is 7.09. The van der Waals surface area contributed by atoms with E-state index in [0.717, 1.165) is 53.4 Å². The average molecular weight is 506 g/mol. The lowest BCUT2D eigenvalue weighted by atomic mass is 10.1. The summed E-state index contributed by atoms with van der Waals surface area (Å²) < 4.78 is 20.1. The monoisotopic (exact) mass is 505 g/mol. The molecule has 0 amide bonds. The number of fused-ring (bicyclic) bond motifs is 1. The molecule has 6 nitrogen and oxygen atoms in total. The summed E-state index contributed by atoms with van der Waals surface area (Å²) in [5, 5.41) is 7.21. The zero-order valence-electron chi connectivity index (χ0n) is 17.8. The Hall–Kier alpha value is -2.23. The number of nitrogens with one attached hydrogen (secondary N) is 2. The molecule has 1 fully saturated rings. The quantitative estimate of drug-likeness (QED) is 0.336. The number of rotatable bonds is 7. The van der Waals surface area contributed by atoms with Crippen LogP contribution in [0.1, 0.15) is 30.7 Å². The van der Waals surface area contributed by atoms with E-state index in [9.17, 15) is 4.39 Å². The van der Waals surface area contributed by atoms with Crippen molar-refractivity contribution in [1.29, 1.82) is 0 Å². The number of aromatic nitrogens is 3. The molecule has 0 radical (unpaired) electrons. The number of hydrogen-bond donors (Lipinski definition) is 2. The van der Waals surface area contributed by atoms with Crippen molar-refractivity contribution >= 4 is 45.8 Å². The first-order valence-corrected chi connectivity index (χ1v) is 12.2. The Kier molecular flexibility index (Phi) is 6.53. The predicted molar refractivity (Wildman–Crippen MR) is 130 cm³/mol. The molecule has 1 aliphatic rings. The highest BCUT2D eigenvalue weighted by Crippen LogP contribution is 2.33. The van der Waals surface area contributed by atoms with Crippen LogP contribution in [-0.2, 0) is 6.54 Å². The van der Waals surface area contributed by atoms with Crippen molar-refractivity contribution in [1.82, 2.24) is 24.7 Å². The third-order valence-electron chi connectivity index (χ3n) is 5.71. The summed E-state index contributed by atoms with van der Waals surface area (Å²) in [6.07, 6.45) is 2.35. The van der Waals surface area contributed by atoms with Crippen molar-refractivity contribution in [2.45, 2.75) is 32.0 Å². The number of halogens is 3. The van der Waals surface area contributed by atoms with Crippen LogP contribution in [0.3, 0.4) is 0 Å². The van der Waals surface area contributed by atoms with E-state index in [1.54, 1.807) is 17.9 Å². The van der Waals surface area contributed by atoms with Crippen LogP contribution in [0.25, 0.3) is 21.6 Å². The third-order valence-corrected chi connectivity index (χ3v) is 7.27. The Balaban J connectivity index is 1.32. The van der Waals surface area contributed by atoms with E-state index < -0.39 is 11.9 Å². The van der Waals surface area contributed by atoms with Crippen molar-refractivity contribution in [3.8, 4) is 10.6 Å². The summed E-state index contributed by atoms with van der Waals surface area (Å²) in [7, 11) is 0. The second-order valence-electron chi connectivity index (χ2n) is 8.00. The first-order chi connectivity index (χ1) is 16.0. The molecular formula is C23H22Cl2FN5OS. The van der Waals surface area contributed by atoms with Gasteiger partial charge in [-0.25, -0.2) is 9.37 Å². The minimum absolute atomic E-state index is 0.0356. The molecule has 0 aliphatic carbocycles. The van der Waals surface area contributed by atoms with Gasteiger partial charge in [0, 0.05) is 35.9 Å². The molecule has 3 aromatic heterocycles. The second kappa shape index (κ2) is 9.56. The topological polar surface area (TPSA) is 64.0 Å². The van der Waals surface area contributed by atoms with E-state index in [1.165, 1.54) is 23.7 Å². The van der Waals surface area contributed by atoms with Gasteiger partial charge in [-0.05, 0) is 67.8 Å². The van der Waals surface area contributed by atoms with Gasteiger partial charge in [0.05, 0.1) is 26.8 Å². The molecule has 0 bridgehead atoms. The number of nitrogens with zero attached hydrogens (tertiary/aromatic N) is 3. The molecule has 0 spiro atoms. The lowest BCUT2D eigenvalue weighted by Crippen LogP contribution is -2.30. The van der Waals surface area contributed by atoms with Crippen molar-refractivity contribution < 1.29 is 9.23 Å². The first-order valence-electron chi connectivity index (χ1n) is 10.7. The lowest BCUT2D eigenvalue weighted by Gasteiger charge is -2.18. The average Bonchev–Trinajstić information content (AvgIpc) is 3.56. The van der Waals surface area contributed by atoms with Crippen molar-refractivity contribution in [2.75, 3.05) is 13.1 Å². The highest BCUT2D eigenvalue weighted by Gasteiger charge is 2.20. The van der Waals surface area contributed by atoms with E-state index in [4.69, 9.17) is 33.0 Å². The fourth-order valence-corrected chi connectivity index (χ4v) is 5.36. The van der Waals surface area contributed by atoms with Crippen LogP contribution in [0.15, 0.2) is 42.6 Å². The summed E-state index contributed by atoms with van der Waals surface area (Å²) in [6.45, 7) is 4.59. The maximum atomic E-state index is 13.9. The van der Waals surface area contributed by atoms with Gasteiger partial charge < -0.3 is 15.5 Å². The van der Waals surface area contributed by atoms with Gasteiger partial charge in [0.25, 0.3) is 0 Å². The molecule has 10 heteroatoms. The van der Waals surface area contributed by atoms with Crippen LogP contribution in [0, 0.1) is 5.82 Å². The molecule has 2 unspecified atom stereocenters. The Morgan fingerprint density at radius 3 is 3.00 bits per heavy atom. The van der Waals surface area contributed by atoms with Gasteiger partial charge >= 0.3 is 0 Å². The molecule has 172 valence electrons. The molecule has 2 N–H and O–H groups in total.